The number of benzene rings is 1. The molecule has 1 N–H and O–H groups in total. The standard InChI is InChI=1S/C16H22N4O2/c1-13(22-14-7-5-4-6-8-14)16(21)17-15-9-10-20(18-15)12-11-19(2)3/h4-10,13H,11-12H2,1-3H3,(H,17,18,21). The van der Waals surface area contributed by atoms with Crippen molar-refractivity contribution >= 4 is 11.7 Å². The van der Waals surface area contributed by atoms with Crippen LogP contribution in [0.4, 0.5) is 5.82 Å². The molecule has 1 heterocycles. The molecule has 0 saturated heterocycles. The molecule has 118 valence electrons. The molecule has 0 fully saturated rings. The van der Waals surface area contributed by atoms with E-state index in [9.17, 15) is 4.79 Å². The minimum atomic E-state index is -0.589. The number of carbonyl (C=O) groups is 1. The van der Waals surface area contributed by atoms with E-state index in [1.807, 2.05) is 50.6 Å². The van der Waals surface area contributed by atoms with E-state index in [2.05, 4.69) is 15.3 Å². The Kier molecular flexibility index (Phi) is 5.55. The summed E-state index contributed by atoms with van der Waals surface area (Å²) in [5.74, 6) is 0.982. The first-order chi connectivity index (χ1) is 10.5. The van der Waals surface area contributed by atoms with Crippen LogP contribution < -0.4 is 10.1 Å². The van der Waals surface area contributed by atoms with Crippen molar-refractivity contribution in [2.45, 2.75) is 19.6 Å². The highest BCUT2D eigenvalue weighted by Gasteiger charge is 2.15. The van der Waals surface area contributed by atoms with E-state index >= 15 is 0 Å². The summed E-state index contributed by atoms with van der Waals surface area (Å²) in [6.07, 6.45) is 1.26. The fourth-order valence-corrected chi connectivity index (χ4v) is 1.84. The van der Waals surface area contributed by atoms with E-state index in [1.54, 1.807) is 17.7 Å². The van der Waals surface area contributed by atoms with Crippen LogP contribution in [0.3, 0.4) is 0 Å². The van der Waals surface area contributed by atoms with Crippen molar-refractivity contribution < 1.29 is 9.53 Å². The minimum Gasteiger partial charge on any atom is -0.481 e. The van der Waals surface area contributed by atoms with Crippen molar-refractivity contribution in [3.05, 3.63) is 42.6 Å². The van der Waals surface area contributed by atoms with Crippen LogP contribution in [0, 0.1) is 0 Å². The lowest BCUT2D eigenvalue weighted by molar-refractivity contribution is -0.122. The van der Waals surface area contributed by atoms with Crippen molar-refractivity contribution in [2.75, 3.05) is 26.0 Å². The Bertz CT molecular complexity index is 595. The van der Waals surface area contributed by atoms with Gasteiger partial charge in [0.05, 0.1) is 6.54 Å². The van der Waals surface area contributed by atoms with Gasteiger partial charge in [0.25, 0.3) is 5.91 Å². The average molecular weight is 302 g/mol. The summed E-state index contributed by atoms with van der Waals surface area (Å²) in [4.78, 5) is 14.2. The molecule has 6 nitrogen and oxygen atoms in total. The van der Waals surface area contributed by atoms with Crippen LogP contribution in [0.25, 0.3) is 0 Å². The first-order valence-electron chi connectivity index (χ1n) is 7.25. The number of carbonyl (C=O) groups excluding carboxylic acids is 1. The molecule has 1 aromatic carbocycles. The molecule has 2 rings (SSSR count). The molecule has 0 saturated carbocycles. The number of para-hydroxylation sites is 1. The second kappa shape index (κ2) is 7.61. The predicted molar refractivity (Wildman–Crippen MR) is 85.9 cm³/mol. The Morgan fingerprint density at radius 1 is 1.32 bits per heavy atom. The van der Waals surface area contributed by atoms with Gasteiger partial charge in [-0.05, 0) is 33.2 Å². The zero-order chi connectivity index (χ0) is 15.9. The van der Waals surface area contributed by atoms with E-state index in [0.717, 1.165) is 13.1 Å². The normalized spacial score (nSPS) is 12.2. The average Bonchev–Trinajstić information content (AvgIpc) is 2.93. The van der Waals surface area contributed by atoms with Crippen LogP contribution in [0.2, 0.25) is 0 Å². The topological polar surface area (TPSA) is 59.4 Å². The molecular formula is C16H22N4O2. The highest BCUT2D eigenvalue weighted by Crippen LogP contribution is 2.12. The fourth-order valence-electron chi connectivity index (χ4n) is 1.84. The zero-order valence-corrected chi connectivity index (χ0v) is 13.2. The van der Waals surface area contributed by atoms with Gasteiger partial charge in [0.1, 0.15) is 5.75 Å². The number of anilines is 1. The van der Waals surface area contributed by atoms with E-state index in [0.29, 0.717) is 11.6 Å². The molecule has 22 heavy (non-hydrogen) atoms. The number of ether oxygens (including phenoxy) is 1. The van der Waals surface area contributed by atoms with Gasteiger partial charge in [-0.3, -0.25) is 9.48 Å². The Labute approximate surface area is 130 Å². The number of nitrogens with zero attached hydrogens (tertiary/aromatic N) is 3. The number of amides is 1. The lowest BCUT2D eigenvalue weighted by Crippen LogP contribution is -2.30. The summed E-state index contributed by atoms with van der Waals surface area (Å²) in [7, 11) is 4.02. The Balaban J connectivity index is 1.86. The van der Waals surface area contributed by atoms with Crippen LogP contribution >= 0.6 is 0 Å². The first-order valence-corrected chi connectivity index (χ1v) is 7.25. The summed E-state index contributed by atoms with van der Waals surface area (Å²) in [6, 6.07) is 11.1. The van der Waals surface area contributed by atoms with Gasteiger partial charge in [0.15, 0.2) is 11.9 Å². The molecular weight excluding hydrogens is 280 g/mol. The third-order valence-electron chi connectivity index (χ3n) is 3.09. The highest BCUT2D eigenvalue weighted by atomic mass is 16.5. The molecule has 0 radical (unpaired) electrons. The second-order valence-electron chi connectivity index (χ2n) is 5.33. The maximum Gasteiger partial charge on any atom is 0.266 e. The van der Waals surface area contributed by atoms with Crippen LogP contribution in [0.15, 0.2) is 42.6 Å². The van der Waals surface area contributed by atoms with Gasteiger partial charge in [0.2, 0.25) is 0 Å². The number of nitrogens with one attached hydrogen (secondary N) is 1. The Morgan fingerprint density at radius 2 is 2.05 bits per heavy atom. The number of aromatic nitrogens is 2. The summed E-state index contributed by atoms with van der Waals surface area (Å²) < 4.78 is 7.38. The molecule has 0 bridgehead atoms. The highest BCUT2D eigenvalue weighted by molar-refractivity contribution is 5.93. The molecule has 0 aliphatic heterocycles. The molecule has 2 aromatic rings. The third-order valence-corrected chi connectivity index (χ3v) is 3.09. The smallest absolute Gasteiger partial charge is 0.266 e. The summed E-state index contributed by atoms with van der Waals surface area (Å²) in [6.45, 7) is 3.38. The SMILES string of the molecule is CC(Oc1ccccc1)C(=O)Nc1ccn(CCN(C)C)n1. The third kappa shape index (κ3) is 4.89. The zero-order valence-electron chi connectivity index (χ0n) is 13.2. The molecule has 1 aromatic heterocycles. The molecule has 1 atom stereocenters. The molecule has 1 amide bonds. The van der Waals surface area contributed by atoms with Gasteiger partial charge in [0, 0.05) is 18.8 Å². The van der Waals surface area contributed by atoms with Crippen LogP contribution in [-0.4, -0.2) is 47.3 Å². The van der Waals surface area contributed by atoms with Crippen molar-refractivity contribution in [1.82, 2.24) is 14.7 Å². The lowest BCUT2D eigenvalue weighted by Gasteiger charge is -2.13. The Hall–Kier alpha value is -2.34. The number of hydrogen-bond acceptors (Lipinski definition) is 4. The summed E-state index contributed by atoms with van der Waals surface area (Å²) >= 11 is 0. The van der Waals surface area contributed by atoms with Gasteiger partial charge >= 0.3 is 0 Å². The fraction of sp³-hybridized carbons (Fsp3) is 0.375. The first kappa shape index (κ1) is 16.0. The minimum absolute atomic E-state index is 0.221. The summed E-state index contributed by atoms with van der Waals surface area (Å²) in [5, 5.41) is 7.07. The molecule has 6 heteroatoms. The van der Waals surface area contributed by atoms with Crippen molar-refractivity contribution in [2.24, 2.45) is 0 Å². The second-order valence-corrected chi connectivity index (χ2v) is 5.33. The van der Waals surface area contributed by atoms with Crippen molar-refractivity contribution in [3.63, 3.8) is 0 Å². The van der Waals surface area contributed by atoms with E-state index in [4.69, 9.17) is 4.74 Å². The van der Waals surface area contributed by atoms with Gasteiger partial charge in [-0.15, -0.1) is 0 Å². The molecule has 0 aliphatic rings. The number of hydrogen-bond donors (Lipinski definition) is 1. The quantitative estimate of drug-likeness (QED) is 0.848. The van der Waals surface area contributed by atoms with Crippen molar-refractivity contribution in [3.8, 4) is 5.75 Å². The molecule has 1 unspecified atom stereocenters. The van der Waals surface area contributed by atoms with E-state index < -0.39 is 6.10 Å². The van der Waals surface area contributed by atoms with Crippen molar-refractivity contribution in [1.29, 1.82) is 0 Å². The predicted octanol–water partition coefficient (Wildman–Crippen LogP) is 1.85. The van der Waals surface area contributed by atoms with Crippen LogP contribution in [0.1, 0.15) is 6.92 Å². The van der Waals surface area contributed by atoms with Crippen LogP contribution in [0.5, 0.6) is 5.75 Å². The van der Waals surface area contributed by atoms with Gasteiger partial charge in [-0.1, -0.05) is 18.2 Å². The van der Waals surface area contributed by atoms with Gasteiger partial charge < -0.3 is 15.0 Å². The van der Waals surface area contributed by atoms with Crippen LogP contribution in [-0.2, 0) is 11.3 Å². The number of likely N-dealkylation sites (N-methyl/N-ethyl adjacent to an activating group) is 1. The van der Waals surface area contributed by atoms with E-state index in [1.165, 1.54) is 0 Å². The molecule has 0 spiro atoms. The number of rotatable bonds is 7. The molecule has 0 aliphatic carbocycles. The van der Waals surface area contributed by atoms with E-state index in [-0.39, 0.29) is 5.91 Å². The van der Waals surface area contributed by atoms with Gasteiger partial charge in [-0.2, -0.15) is 5.10 Å². The lowest BCUT2D eigenvalue weighted by atomic mass is 10.3. The summed E-state index contributed by atoms with van der Waals surface area (Å²) in [5.41, 5.74) is 0. The monoisotopic (exact) mass is 302 g/mol. The Morgan fingerprint density at radius 3 is 2.73 bits per heavy atom. The largest absolute Gasteiger partial charge is 0.481 e. The maximum absolute atomic E-state index is 12.1. The maximum atomic E-state index is 12.1. The van der Waals surface area contributed by atoms with Gasteiger partial charge in [-0.25, -0.2) is 0 Å².